The molecule has 32 heavy (non-hydrogen) atoms. The number of hydrogen-bond acceptors (Lipinski definition) is 7. The normalized spacial score (nSPS) is 15.6. The summed E-state index contributed by atoms with van der Waals surface area (Å²) < 4.78 is 0. The summed E-state index contributed by atoms with van der Waals surface area (Å²) in [7, 11) is 0. The van der Waals surface area contributed by atoms with Gasteiger partial charge < -0.3 is 16.0 Å². The van der Waals surface area contributed by atoms with Crippen LogP contribution in [0.5, 0.6) is 0 Å². The number of nitrogens with zero attached hydrogens (tertiary/aromatic N) is 4. The predicted molar refractivity (Wildman–Crippen MR) is 124 cm³/mol. The maximum Gasteiger partial charge on any atom is 0.251 e. The van der Waals surface area contributed by atoms with Crippen LogP contribution in [-0.2, 0) is 6.54 Å². The fourth-order valence-electron chi connectivity index (χ4n) is 3.70. The van der Waals surface area contributed by atoms with E-state index in [2.05, 4.69) is 25.9 Å². The van der Waals surface area contributed by atoms with E-state index in [4.69, 9.17) is 9.97 Å². The molecule has 1 amide bonds. The van der Waals surface area contributed by atoms with E-state index >= 15 is 0 Å². The molecule has 1 aromatic carbocycles. The first-order chi connectivity index (χ1) is 15.7. The molecule has 0 atom stereocenters. The summed E-state index contributed by atoms with van der Waals surface area (Å²) in [6.07, 6.45) is 8.17. The third kappa shape index (κ3) is 3.91. The van der Waals surface area contributed by atoms with Crippen LogP contribution in [0.4, 0.5) is 11.8 Å². The van der Waals surface area contributed by atoms with Crippen molar-refractivity contribution in [1.29, 1.82) is 0 Å². The van der Waals surface area contributed by atoms with Gasteiger partial charge in [0.25, 0.3) is 5.91 Å². The number of hydrogen-bond donors (Lipinski definition) is 3. The van der Waals surface area contributed by atoms with Gasteiger partial charge >= 0.3 is 0 Å². The predicted octanol–water partition coefficient (Wildman–Crippen LogP) is 3.65. The Morgan fingerprint density at radius 1 is 0.938 bits per heavy atom. The summed E-state index contributed by atoms with van der Waals surface area (Å²) in [4.78, 5) is 31.1. The molecule has 6 rings (SSSR count). The Labute approximate surface area is 184 Å². The maximum absolute atomic E-state index is 12.7. The second kappa shape index (κ2) is 7.71. The third-order valence-electron chi connectivity index (χ3n) is 5.78. The van der Waals surface area contributed by atoms with E-state index in [1.54, 1.807) is 6.20 Å². The van der Waals surface area contributed by atoms with Crippen molar-refractivity contribution in [3.63, 3.8) is 0 Å². The summed E-state index contributed by atoms with van der Waals surface area (Å²) in [6, 6.07) is 12.1. The van der Waals surface area contributed by atoms with Crippen LogP contribution in [-0.4, -0.2) is 37.9 Å². The quantitative estimate of drug-likeness (QED) is 0.388. The molecule has 4 aromatic rings. The van der Waals surface area contributed by atoms with Gasteiger partial charge in [-0.25, -0.2) is 15.0 Å². The molecule has 0 saturated heterocycles. The van der Waals surface area contributed by atoms with Gasteiger partial charge in [-0.05, 0) is 49.9 Å². The van der Waals surface area contributed by atoms with Gasteiger partial charge in [0.1, 0.15) is 5.52 Å². The number of aromatic nitrogens is 4. The van der Waals surface area contributed by atoms with Crippen molar-refractivity contribution in [3.05, 3.63) is 60.0 Å². The lowest BCUT2D eigenvalue weighted by molar-refractivity contribution is 0.0950. The van der Waals surface area contributed by atoms with Crippen LogP contribution in [0.1, 0.15) is 41.7 Å². The summed E-state index contributed by atoms with van der Waals surface area (Å²) in [5, 5.41) is 11.7. The van der Waals surface area contributed by atoms with Crippen molar-refractivity contribution in [3.8, 4) is 0 Å². The summed E-state index contributed by atoms with van der Waals surface area (Å²) in [6.45, 7) is 0.377. The first-order valence-corrected chi connectivity index (χ1v) is 11.0. The second-order valence-electron chi connectivity index (χ2n) is 8.49. The highest BCUT2D eigenvalue weighted by atomic mass is 16.1. The highest BCUT2D eigenvalue weighted by molar-refractivity contribution is 6.10. The van der Waals surface area contributed by atoms with E-state index in [1.807, 2.05) is 42.6 Å². The molecule has 3 heterocycles. The lowest BCUT2D eigenvalue weighted by atomic mass is 10.1. The monoisotopic (exact) mass is 425 g/mol. The summed E-state index contributed by atoms with van der Waals surface area (Å²) in [5.74, 6) is 1.24. The van der Waals surface area contributed by atoms with Crippen molar-refractivity contribution < 1.29 is 4.79 Å². The van der Waals surface area contributed by atoms with E-state index in [1.165, 1.54) is 0 Å². The zero-order valence-corrected chi connectivity index (χ0v) is 17.5. The van der Waals surface area contributed by atoms with Crippen molar-refractivity contribution >= 4 is 39.5 Å². The van der Waals surface area contributed by atoms with Crippen LogP contribution >= 0.6 is 0 Å². The molecule has 2 fully saturated rings. The molecule has 160 valence electrons. The van der Waals surface area contributed by atoms with Gasteiger partial charge in [-0.15, -0.1) is 0 Å². The highest BCUT2D eigenvalue weighted by Gasteiger charge is 2.25. The van der Waals surface area contributed by atoms with Crippen molar-refractivity contribution in [2.24, 2.45) is 0 Å². The number of fused-ring (bicyclic) bond motifs is 3. The first-order valence-electron chi connectivity index (χ1n) is 11.0. The minimum atomic E-state index is -0.156. The van der Waals surface area contributed by atoms with Crippen molar-refractivity contribution in [2.45, 2.75) is 44.3 Å². The number of benzene rings is 1. The van der Waals surface area contributed by atoms with Gasteiger partial charge in [-0.1, -0.05) is 12.1 Å². The van der Waals surface area contributed by atoms with Gasteiger partial charge in [0.05, 0.1) is 17.8 Å². The molecule has 0 unspecified atom stereocenters. The molecule has 3 aromatic heterocycles. The number of carbonyl (C=O) groups excluding carboxylic acids is 1. The molecule has 0 spiro atoms. The maximum atomic E-state index is 12.7. The number of nitrogens with one attached hydrogen (secondary N) is 3. The van der Waals surface area contributed by atoms with Gasteiger partial charge in [-0.2, -0.15) is 0 Å². The molecular weight excluding hydrogens is 402 g/mol. The summed E-state index contributed by atoms with van der Waals surface area (Å²) in [5.41, 5.74) is 2.94. The second-order valence-corrected chi connectivity index (χ2v) is 8.49. The minimum absolute atomic E-state index is 0.156. The number of pyridine rings is 2. The molecule has 0 radical (unpaired) electrons. The lowest BCUT2D eigenvalue weighted by Crippen LogP contribution is -2.23. The molecule has 0 bridgehead atoms. The van der Waals surface area contributed by atoms with Crippen LogP contribution in [0, 0.1) is 0 Å². The Bertz CT molecular complexity index is 1320. The Morgan fingerprint density at radius 2 is 1.78 bits per heavy atom. The van der Waals surface area contributed by atoms with E-state index in [0.717, 1.165) is 59.0 Å². The molecule has 8 nitrogen and oxygen atoms in total. The van der Waals surface area contributed by atoms with Gasteiger partial charge in [-0.3, -0.25) is 9.78 Å². The van der Waals surface area contributed by atoms with Gasteiger partial charge in [0, 0.05) is 40.8 Å². The van der Waals surface area contributed by atoms with Crippen LogP contribution in [0.25, 0.3) is 21.8 Å². The van der Waals surface area contributed by atoms with E-state index < -0.39 is 0 Å². The van der Waals surface area contributed by atoms with Gasteiger partial charge in [0.2, 0.25) is 5.95 Å². The molecule has 0 aliphatic heterocycles. The molecule has 8 heteroatoms. The number of carbonyl (C=O) groups is 1. The Hall–Kier alpha value is -3.81. The van der Waals surface area contributed by atoms with E-state index in [-0.39, 0.29) is 5.91 Å². The fourth-order valence-corrected chi connectivity index (χ4v) is 3.70. The Morgan fingerprint density at radius 3 is 2.56 bits per heavy atom. The zero-order chi connectivity index (χ0) is 21.5. The minimum Gasteiger partial charge on any atom is -0.366 e. The van der Waals surface area contributed by atoms with Crippen molar-refractivity contribution in [2.75, 3.05) is 10.6 Å². The van der Waals surface area contributed by atoms with Crippen LogP contribution in [0.2, 0.25) is 0 Å². The van der Waals surface area contributed by atoms with Gasteiger partial charge in [0.15, 0.2) is 5.82 Å². The topological polar surface area (TPSA) is 105 Å². The average molecular weight is 425 g/mol. The zero-order valence-electron chi connectivity index (χ0n) is 17.5. The number of anilines is 2. The Kier molecular flexibility index (Phi) is 4.56. The molecule has 2 aliphatic carbocycles. The molecule has 3 N–H and O–H groups in total. The fraction of sp³-hybridized carbons (Fsp3) is 0.292. The number of amides is 1. The first kappa shape index (κ1) is 18.9. The highest BCUT2D eigenvalue weighted by Crippen LogP contribution is 2.33. The van der Waals surface area contributed by atoms with E-state index in [9.17, 15) is 4.79 Å². The van der Waals surface area contributed by atoms with Crippen LogP contribution < -0.4 is 16.0 Å². The van der Waals surface area contributed by atoms with Crippen LogP contribution in [0.3, 0.4) is 0 Å². The smallest absolute Gasteiger partial charge is 0.251 e. The third-order valence-corrected chi connectivity index (χ3v) is 5.78. The molecule has 2 aliphatic rings. The average Bonchev–Trinajstić information content (AvgIpc) is 3.75. The van der Waals surface area contributed by atoms with E-state index in [0.29, 0.717) is 30.1 Å². The largest absolute Gasteiger partial charge is 0.366 e. The SMILES string of the molecule is O=C(NCc1ccccn1)c1ccc2c(c1)nc(NC1CC1)c1nc(NC3CC3)ncc12. The lowest BCUT2D eigenvalue weighted by Gasteiger charge is -2.12. The standard InChI is InChI=1S/C24H23N7O/c32-23(26-12-17-3-1-2-10-25-17)14-4-9-18-19-13-27-24(29-16-7-8-16)31-21(19)22(28-15-5-6-15)30-20(18)11-14/h1-4,9-11,13,15-16H,5-8,12H2,(H,26,32)(H,28,30)(H,27,29,31). The number of rotatable bonds is 7. The molecular formula is C24H23N7O. The summed E-state index contributed by atoms with van der Waals surface area (Å²) >= 11 is 0. The van der Waals surface area contributed by atoms with Crippen molar-refractivity contribution in [1.82, 2.24) is 25.3 Å². The molecule has 2 saturated carbocycles. The Balaban J connectivity index is 1.35. The van der Waals surface area contributed by atoms with Crippen LogP contribution in [0.15, 0.2) is 48.8 Å².